The van der Waals surface area contributed by atoms with Gasteiger partial charge in [-0.15, -0.1) is 0 Å². The monoisotopic (exact) mass is 304 g/mol. The average Bonchev–Trinajstić information content (AvgIpc) is 2.53. The van der Waals surface area contributed by atoms with E-state index in [1.165, 1.54) is 11.3 Å². The highest BCUT2D eigenvalue weighted by Gasteiger charge is 2.19. The van der Waals surface area contributed by atoms with E-state index in [4.69, 9.17) is 4.74 Å². The van der Waals surface area contributed by atoms with Gasteiger partial charge in [0.15, 0.2) is 0 Å². The Labute approximate surface area is 134 Å². The van der Waals surface area contributed by atoms with E-state index < -0.39 is 0 Å². The molecule has 0 bridgehead atoms. The Morgan fingerprint density at radius 1 is 1.23 bits per heavy atom. The van der Waals surface area contributed by atoms with Gasteiger partial charge in [0.2, 0.25) is 0 Å². The minimum absolute atomic E-state index is 0.294. The fraction of sp³-hybridized carbons (Fsp3) is 0.611. The second kappa shape index (κ2) is 7.75. The Hall–Kier alpha value is -1.39. The van der Waals surface area contributed by atoms with E-state index in [1.54, 1.807) is 7.11 Å². The SMILES string of the molecule is COCCN1CCN(c2cccc(CC(C)(C)C=O)c2)CC1. The molecule has 0 amide bonds. The Balaban J connectivity index is 1.95. The molecular weight excluding hydrogens is 276 g/mol. The first kappa shape index (κ1) is 17.0. The maximum absolute atomic E-state index is 11.1. The molecule has 1 aliphatic heterocycles. The molecule has 122 valence electrons. The lowest BCUT2D eigenvalue weighted by Crippen LogP contribution is -2.47. The van der Waals surface area contributed by atoms with Gasteiger partial charge in [-0.2, -0.15) is 0 Å². The Morgan fingerprint density at radius 3 is 2.59 bits per heavy atom. The molecule has 1 aromatic rings. The molecule has 4 nitrogen and oxygen atoms in total. The number of ether oxygens (including phenoxy) is 1. The van der Waals surface area contributed by atoms with Gasteiger partial charge >= 0.3 is 0 Å². The second-order valence-corrected chi connectivity index (χ2v) is 6.77. The third-order valence-electron chi connectivity index (χ3n) is 4.24. The van der Waals surface area contributed by atoms with Gasteiger partial charge < -0.3 is 14.4 Å². The summed E-state index contributed by atoms with van der Waals surface area (Å²) in [5.41, 5.74) is 2.21. The number of hydrogen-bond acceptors (Lipinski definition) is 4. The maximum Gasteiger partial charge on any atom is 0.125 e. The van der Waals surface area contributed by atoms with Crippen LogP contribution in [0.5, 0.6) is 0 Å². The minimum atomic E-state index is -0.294. The van der Waals surface area contributed by atoms with Crippen molar-refractivity contribution in [3.05, 3.63) is 29.8 Å². The zero-order valence-electron chi connectivity index (χ0n) is 14.0. The smallest absolute Gasteiger partial charge is 0.125 e. The highest BCUT2D eigenvalue weighted by atomic mass is 16.5. The van der Waals surface area contributed by atoms with Gasteiger partial charge in [0.1, 0.15) is 6.29 Å². The molecule has 0 atom stereocenters. The molecule has 0 N–H and O–H groups in total. The Bertz CT molecular complexity index is 480. The molecule has 1 aromatic carbocycles. The predicted octanol–water partition coefficient (Wildman–Crippen LogP) is 2.22. The number of carbonyl (C=O) groups excluding carboxylic acids is 1. The van der Waals surface area contributed by atoms with Crippen molar-refractivity contribution >= 4 is 12.0 Å². The first-order valence-electron chi connectivity index (χ1n) is 8.05. The molecule has 2 rings (SSSR count). The normalized spacial score (nSPS) is 16.8. The lowest BCUT2D eigenvalue weighted by Gasteiger charge is -2.36. The fourth-order valence-electron chi connectivity index (χ4n) is 2.88. The van der Waals surface area contributed by atoms with Crippen LogP contribution in [0.15, 0.2) is 24.3 Å². The van der Waals surface area contributed by atoms with Gasteiger partial charge in [-0.05, 0) is 24.1 Å². The maximum atomic E-state index is 11.1. The molecule has 1 aliphatic rings. The summed E-state index contributed by atoms with van der Waals surface area (Å²) in [5, 5.41) is 0. The van der Waals surface area contributed by atoms with Crippen molar-refractivity contribution in [3.8, 4) is 0 Å². The highest BCUT2D eigenvalue weighted by Crippen LogP contribution is 2.23. The molecule has 0 spiro atoms. The van der Waals surface area contributed by atoms with E-state index in [1.807, 2.05) is 13.8 Å². The number of aldehydes is 1. The van der Waals surface area contributed by atoms with Crippen LogP contribution < -0.4 is 4.90 Å². The Kier molecular flexibility index (Phi) is 5.98. The third-order valence-corrected chi connectivity index (χ3v) is 4.24. The van der Waals surface area contributed by atoms with Crippen molar-refractivity contribution < 1.29 is 9.53 Å². The summed E-state index contributed by atoms with van der Waals surface area (Å²) in [5.74, 6) is 0. The molecule has 0 aromatic heterocycles. The van der Waals surface area contributed by atoms with Crippen LogP contribution in [0.3, 0.4) is 0 Å². The quantitative estimate of drug-likeness (QED) is 0.723. The van der Waals surface area contributed by atoms with E-state index in [0.717, 1.165) is 52.0 Å². The van der Waals surface area contributed by atoms with Gasteiger partial charge in [-0.3, -0.25) is 4.90 Å². The van der Waals surface area contributed by atoms with Crippen molar-refractivity contribution in [2.45, 2.75) is 20.3 Å². The number of piperazine rings is 1. The summed E-state index contributed by atoms with van der Waals surface area (Å²) in [4.78, 5) is 16.0. The molecule has 1 saturated heterocycles. The van der Waals surface area contributed by atoms with Crippen LogP contribution in [-0.2, 0) is 16.0 Å². The Morgan fingerprint density at radius 2 is 1.95 bits per heavy atom. The summed E-state index contributed by atoms with van der Waals surface area (Å²) < 4.78 is 5.15. The summed E-state index contributed by atoms with van der Waals surface area (Å²) in [6.07, 6.45) is 1.84. The van der Waals surface area contributed by atoms with E-state index in [9.17, 15) is 4.79 Å². The lowest BCUT2D eigenvalue weighted by molar-refractivity contribution is -0.114. The van der Waals surface area contributed by atoms with Gasteiger partial charge in [-0.25, -0.2) is 0 Å². The van der Waals surface area contributed by atoms with Crippen LogP contribution in [0.2, 0.25) is 0 Å². The molecular formula is C18H28N2O2. The molecule has 0 radical (unpaired) electrons. The lowest BCUT2D eigenvalue weighted by atomic mass is 9.87. The number of carbonyl (C=O) groups is 1. The average molecular weight is 304 g/mol. The number of nitrogens with zero attached hydrogens (tertiary/aromatic N) is 2. The van der Waals surface area contributed by atoms with Crippen LogP contribution >= 0.6 is 0 Å². The second-order valence-electron chi connectivity index (χ2n) is 6.77. The molecule has 0 aliphatic carbocycles. The van der Waals surface area contributed by atoms with Crippen molar-refractivity contribution in [2.75, 3.05) is 51.3 Å². The van der Waals surface area contributed by atoms with Crippen molar-refractivity contribution in [1.29, 1.82) is 0 Å². The summed E-state index contributed by atoms with van der Waals surface area (Å²) in [7, 11) is 1.75. The topological polar surface area (TPSA) is 32.8 Å². The number of anilines is 1. The standard InChI is InChI=1S/C18H28N2O2/c1-18(2,15-21)14-16-5-4-6-17(13-16)20-9-7-19(8-10-20)11-12-22-3/h4-6,13,15H,7-12,14H2,1-3H3. The zero-order chi connectivity index (χ0) is 16.0. The van der Waals surface area contributed by atoms with Gasteiger partial charge in [-0.1, -0.05) is 26.0 Å². The molecule has 22 heavy (non-hydrogen) atoms. The van der Waals surface area contributed by atoms with E-state index in [0.29, 0.717) is 0 Å². The molecule has 1 heterocycles. The van der Waals surface area contributed by atoms with Crippen molar-refractivity contribution in [3.63, 3.8) is 0 Å². The highest BCUT2D eigenvalue weighted by molar-refractivity contribution is 5.59. The first-order chi connectivity index (χ1) is 10.5. The number of benzene rings is 1. The predicted molar refractivity (Wildman–Crippen MR) is 90.5 cm³/mol. The summed E-state index contributed by atoms with van der Waals surface area (Å²) in [6, 6.07) is 8.62. The number of rotatable bonds is 7. The molecule has 4 heteroatoms. The number of hydrogen-bond donors (Lipinski definition) is 0. The summed E-state index contributed by atoms with van der Waals surface area (Å²) in [6.45, 7) is 10.0. The number of methoxy groups -OCH3 is 1. The van der Waals surface area contributed by atoms with Gasteiger partial charge in [0.25, 0.3) is 0 Å². The van der Waals surface area contributed by atoms with Crippen LogP contribution in [0.4, 0.5) is 5.69 Å². The summed E-state index contributed by atoms with van der Waals surface area (Å²) >= 11 is 0. The van der Waals surface area contributed by atoms with Crippen LogP contribution in [0, 0.1) is 5.41 Å². The molecule has 1 fully saturated rings. The first-order valence-corrected chi connectivity index (χ1v) is 8.05. The van der Waals surface area contributed by atoms with Crippen LogP contribution in [0.25, 0.3) is 0 Å². The van der Waals surface area contributed by atoms with Crippen molar-refractivity contribution in [1.82, 2.24) is 4.90 Å². The van der Waals surface area contributed by atoms with Crippen LogP contribution in [0.1, 0.15) is 19.4 Å². The van der Waals surface area contributed by atoms with Crippen molar-refractivity contribution in [2.24, 2.45) is 5.41 Å². The molecule has 0 saturated carbocycles. The van der Waals surface area contributed by atoms with Gasteiger partial charge in [0.05, 0.1) is 6.61 Å². The van der Waals surface area contributed by atoms with Crippen LogP contribution in [-0.4, -0.2) is 57.6 Å². The van der Waals surface area contributed by atoms with E-state index in [-0.39, 0.29) is 5.41 Å². The van der Waals surface area contributed by atoms with Gasteiger partial charge in [0, 0.05) is 50.9 Å². The van der Waals surface area contributed by atoms with E-state index >= 15 is 0 Å². The zero-order valence-corrected chi connectivity index (χ0v) is 14.0. The largest absolute Gasteiger partial charge is 0.383 e. The van der Waals surface area contributed by atoms with E-state index in [2.05, 4.69) is 34.1 Å². The molecule has 0 unspecified atom stereocenters. The minimum Gasteiger partial charge on any atom is -0.383 e. The third kappa shape index (κ3) is 4.82. The fourth-order valence-corrected chi connectivity index (χ4v) is 2.88.